The Hall–Kier alpha value is -9.24. The maximum atomic E-state index is 2.49. The topological polar surface area (TPSA) is 6.48 Å². The van der Waals surface area contributed by atoms with Gasteiger partial charge >= 0.3 is 0 Å². The second-order valence-corrected chi connectivity index (χ2v) is 21.1. The largest absolute Gasteiger partial charge is 0.310 e. The molecule has 2 nitrogen and oxygen atoms in total. The van der Waals surface area contributed by atoms with Gasteiger partial charge in [0.25, 0.3) is 0 Å². The number of fused-ring (bicyclic) bond motifs is 8. The van der Waals surface area contributed by atoms with Crippen LogP contribution in [-0.2, 0) is 0 Å². The highest BCUT2D eigenvalue weighted by atomic mass is 15.2. The van der Waals surface area contributed by atoms with Gasteiger partial charge in [-0.3, -0.25) is 0 Å². The van der Waals surface area contributed by atoms with Crippen LogP contribution >= 0.6 is 0 Å². The van der Waals surface area contributed by atoms with E-state index >= 15 is 0 Å². The van der Waals surface area contributed by atoms with Crippen LogP contribution in [0.2, 0.25) is 0 Å². The Morgan fingerprint density at radius 1 is 0.329 bits per heavy atom. The predicted molar refractivity (Wildman–Crippen MR) is 324 cm³/mol. The molecular formula is C74H54N2. The van der Waals surface area contributed by atoms with E-state index < -0.39 is 0 Å². The molecule has 3 atom stereocenters. The Labute approximate surface area is 444 Å². The predicted octanol–water partition coefficient (Wildman–Crippen LogP) is 19.8. The Morgan fingerprint density at radius 2 is 0.737 bits per heavy atom. The van der Waals surface area contributed by atoms with Crippen LogP contribution < -0.4 is 9.80 Å². The van der Waals surface area contributed by atoms with Crippen LogP contribution in [0.3, 0.4) is 0 Å². The first-order chi connectivity index (χ1) is 37.6. The maximum absolute atomic E-state index is 2.49. The number of allylic oxidation sites excluding steroid dienone is 22. The van der Waals surface area contributed by atoms with Crippen molar-refractivity contribution in [1.29, 1.82) is 0 Å². The molecule has 0 fully saturated rings. The van der Waals surface area contributed by atoms with Crippen molar-refractivity contribution in [2.75, 3.05) is 9.80 Å². The molecule has 0 saturated carbocycles. The Kier molecular flexibility index (Phi) is 10.7. The quantitative estimate of drug-likeness (QED) is 0.140. The minimum Gasteiger partial charge on any atom is -0.310 e. The highest BCUT2D eigenvalue weighted by Crippen LogP contribution is 2.49. The monoisotopic (exact) mass is 970 g/mol. The SMILES string of the molecule is C1=CCC2C=CC(c3c4cc(N(C5=CC6=CC=CCC6C=C5)c5ccc6ccccc6c5)ccc4c(-c4ccc5ccccc5c4)c4cc(N(C5=CC6=CC=CCC6C=C5)c5ccc6ccccc6c5)ccc34)=CC2=C1. The van der Waals surface area contributed by atoms with Crippen LogP contribution in [0.5, 0.6) is 0 Å². The maximum Gasteiger partial charge on any atom is 0.0468 e. The van der Waals surface area contributed by atoms with Gasteiger partial charge in [0.15, 0.2) is 0 Å². The number of hydrogen-bond donors (Lipinski definition) is 0. The molecule has 0 amide bonds. The van der Waals surface area contributed by atoms with Gasteiger partial charge in [0, 0.05) is 51.9 Å². The van der Waals surface area contributed by atoms with Crippen molar-refractivity contribution in [3.05, 3.63) is 307 Å². The van der Waals surface area contributed by atoms with Crippen LogP contribution in [-0.4, -0.2) is 0 Å². The summed E-state index contributed by atoms with van der Waals surface area (Å²) in [4.78, 5) is 4.96. The molecule has 360 valence electrons. The molecule has 6 aliphatic rings. The van der Waals surface area contributed by atoms with Gasteiger partial charge in [-0.1, -0.05) is 194 Å². The summed E-state index contributed by atoms with van der Waals surface area (Å²) in [5.41, 5.74) is 15.7. The van der Waals surface area contributed by atoms with Gasteiger partial charge in [-0.05, 0) is 191 Å². The number of hydrogen-bond acceptors (Lipinski definition) is 2. The summed E-state index contributed by atoms with van der Waals surface area (Å²) < 4.78 is 0. The number of nitrogens with zero attached hydrogens (tertiary/aromatic N) is 2. The molecule has 15 rings (SSSR count). The van der Waals surface area contributed by atoms with Crippen molar-refractivity contribution >= 4 is 82.2 Å². The zero-order valence-corrected chi connectivity index (χ0v) is 42.2. The van der Waals surface area contributed by atoms with E-state index in [1.54, 1.807) is 0 Å². The molecular weight excluding hydrogens is 917 g/mol. The van der Waals surface area contributed by atoms with E-state index in [0.717, 1.165) is 53.4 Å². The minimum absolute atomic E-state index is 0.369. The Balaban J connectivity index is 1.02. The zero-order valence-electron chi connectivity index (χ0n) is 42.2. The normalized spacial score (nSPS) is 19.2. The summed E-state index contributed by atoms with van der Waals surface area (Å²) in [6.45, 7) is 0. The lowest BCUT2D eigenvalue weighted by molar-refractivity contribution is 0.774. The first-order valence-corrected chi connectivity index (χ1v) is 27.0. The third-order valence-corrected chi connectivity index (χ3v) is 16.6. The van der Waals surface area contributed by atoms with E-state index in [9.17, 15) is 0 Å². The van der Waals surface area contributed by atoms with E-state index in [-0.39, 0.29) is 0 Å². The molecule has 0 saturated heterocycles. The zero-order chi connectivity index (χ0) is 50.1. The highest BCUT2D eigenvalue weighted by Gasteiger charge is 2.27. The molecule has 76 heavy (non-hydrogen) atoms. The third kappa shape index (κ3) is 7.71. The van der Waals surface area contributed by atoms with E-state index in [1.165, 1.54) is 92.8 Å². The van der Waals surface area contributed by atoms with E-state index in [4.69, 9.17) is 0 Å². The van der Waals surface area contributed by atoms with Crippen LogP contribution in [0.4, 0.5) is 22.7 Å². The molecule has 0 spiro atoms. The molecule has 6 aliphatic carbocycles. The van der Waals surface area contributed by atoms with Gasteiger partial charge in [-0.15, -0.1) is 0 Å². The van der Waals surface area contributed by atoms with Gasteiger partial charge in [0.05, 0.1) is 0 Å². The third-order valence-electron chi connectivity index (χ3n) is 16.6. The fourth-order valence-electron chi connectivity index (χ4n) is 12.8. The van der Waals surface area contributed by atoms with Crippen LogP contribution in [0, 0.1) is 17.8 Å². The van der Waals surface area contributed by atoms with Crippen molar-refractivity contribution in [2.45, 2.75) is 19.3 Å². The Bertz CT molecular complexity index is 4340. The van der Waals surface area contributed by atoms with Gasteiger partial charge in [-0.2, -0.15) is 0 Å². The number of benzene rings is 9. The molecule has 0 aliphatic heterocycles. The lowest BCUT2D eigenvalue weighted by Crippen LogP contribution is -2.19. The molecule has 3 unspecified atom stereocenters. The number of rotatable bonds is 8. The van der Waals surface area contributed by atoms with Gasteiger partial charge < -0.3 is 9.80 Å². The standard InChI is InChI=1S/C74H54N2/c1-7-19-55-41-61(27-25-49(55)13-1)73-69-39-37-68(76(65-35-31-53-17-5-11-23-59(53)45-65)66-36-32-54-18-6-12-24-60(54)46-66)48-72(69)74(62-28-26-50-14-2-8-20-56(50)42-62)70-40-38-67(47-71(70)73)75(63-33-29-51-15-3-9-21-57(51)43-63)64-34-30-52-16-4-10-22-58(52)44-64/h1-13,15,17,19-48,50,52,54H,14,16,18H2. The smallest absolute Gasteiger partial charge is 0.0468 e. The molecule has 0 radical (unpaired) electrons. The van der Waals surface area contributed by atoms with Gasteiger partial charge in [0.2, 0.25) is 0 Å². The van der Waals surface area contributed by atoms with E-state index in [0.29, 0.717) is 17.8 Å². The molecule has 2 heteroatoms. The molecule has 0 N–H and O–H groups in total. The van der Waals surface area contributed by atoms with Crippen LogP contribution in [0.25, 0.3) is 70.6 Å². The highest BCUT2D eigenvalue weighted by molar-refractivity contribution is 6.21. The summed E-state index contributed by atoms with van der Waals surface area (Å²) in [7, 11) is 0. The first kappa shape index (κ1) is 44.3. The lowest BCUT2D eigenvalue weighted by atomic mass is 9.80. The number of anilines is 4. The fraction of sp³-hybridized carbons (Fsp3) is 0.0811. The van der Waals surface area contributed by atoms with E-state index in [1.807, 2.05) is 0 Å². The average molecular weight is 971 g/mol. The van der Waals surface area contributed by atoms with Crippen molar-refractivity contribution < 1.29 is 0 Å². The van der Waals surface area contributed by atoms with Crippen molar-refractivity contribution in [3.8, 4) is 11.1 Å². The summed E-state index contributed by atoms with van der Waals surface area (Å²) in [6.07, 6.45) is 45.1. The summed E-state index contributed by atoms with van der Waals surface area (Å²) in [6, 6.07) is 61.7. The van der Waals surface area contributed by atoms with E-state index in [2.05, 4.69) is 283 Å². The summed E-state index contributed by atoms with van der Waals surface area (Å²) in [5, 5.41) is 12.2. The molecule has 0 bridgehead atoms. The molecule has 0 heterocycles. The van der Waals surface area contributed by atoms with Crippen molar-refractivity contribution in [1.82, 2.24) is 0 Å². The van der Waals surface area contributed by atoms with Crippen molar-refractivity contribution in [3.63, 3.8) is 0 Å². The Morgan fingerprint density at radius 3 is 1.26 bits per heavy atom. The van der Waals surface area contributed by atoms with Crippen molar-refractivity contribution in [2.24, 2.45) is 17.8 Å². The van der Waals surface area contributed by atoms with Gasteiger partial charge in [0.1, 0.15) is 0 Å². The average Bonchev–Trinajstić information content (AvgIpc) is 3.48. The first-order valence-electron chi connectivity index (χ1n) is 27.0. The lowest BCUT2D eigenvalue weighted by Gasteiger charge is -2.32. The van der Waals surface area contributed by atoms with Crippen LogP contribution in [0.15, 0.2) is 301 Å². The fourth-order valence-corrected chi connectivity index (χ4v) is 12.8. The summed E-state index contributed by atoms with van der Waals surface area (Å²) in [5.74, 6) is 1.14. The minimum atomic E-state index is 0.369. The second kappa shape index (κ2) is 18.3. The van der Waals surface area contributed by atoms with Crippen LogP contribution in [0.1, 0.15) is 24.8 Å². The van der Waals surface area contributed by atoms with Gasteiger partial charge in [-0.25, -0.2) is 0 Å². The molecule has 9 aromatic rings. The molecule has 0 aromatic heterocycles. The molecule has 9 aromatic carbocycles. The second-order valence-electron chi connectivity index (χ2n) is 21.1. The summed E-state index contributed by atoms with van der Waals surface area (Å²) >= 11 is 0.